The molecule has 4 atom stereocenters. The number of aliphatic hydroxyl groups is 2. The molecule has 0 saturated carbocycles. The van der Waals surface area contributed by atoms with Crippen LogP contribution in [0.3, 0.4) is 0 Å². The van der Waals surface area contributed by atoms with E-state index in [4.69, 9.17) is 4.74 Å². The van der Waals surface area contributed by atoms with Gasteiger partial charge in [-0.1, -0.05) is 24.3 Å². The topological polar surface area (TPSA) is 112 Å². The molecule has 0 amide bonds. The molecule has 0 spiro atoms. The van der Waals surface area contributed by atoms with Crippen LogP contribution in [0.5, 0.6) is 0 Å². The van der Waals surface area contributed by atoms with Gasteiger partial charge in [0, 0.05) is 31.4 Å². The quantitative estimate of drug-likeness (QED) is 0.523. The summed E-state index contributed by atoms with van der Waals surface area (Å²) in [5.41, 5.74) is 0.924. The minimum Gasteiger partial charge on any atom is -0.394 e. The number of benzene rings is 1. The summed E-state index contributed by atoms with van der Waals surface area (Å²) in [6.07, 6.45) is 0.108. The summed E-state index contributed by atoms with van der Waals surface area (Å²) in [6.45, 7) is 0.249. The van der Waals surface area contributed by atoms with Crippen LogP contribution in [0.2, 0.25) is 0 Å². The Labute approximate surface area is 171 Å². The van der Waals surface area contributed by atoms with Gasteiger partial charge in [-0.2, -0.15) is 0 Å². The fourth-order valence-corrected chi connectivity index (χ4v) is 4.62. The van der Waals surface area contributed by atoms with Crippen molar-refractivity contribution in [2.45, 2.75) is 35.7 Å². The van der Waals surface area contributed by atoms with E-state index in [1.807, 2.05) is 30.1 Å². The largest absolute Gasteiger partial charge is 0.394 e. The zero-order valence-corrected chi connectivity index (χ0v) is 17.1. The van der Waals surface area contributed by atoms with Crippen LogP contribution in [0.15, 0.2) is 59.6 Å². The maximum atomic E-state index is 12.5. The Morgan fingerprint density at radius 2 is 1.86 bits per heavy atom. The van der Waals surface area contributed by atoms with Gasteiger partial charge in [0.2, 0.25) is 10.0 Å². The van der Waals surface area contributed by atoms with Gasteiger partial charge in [-0.25, -0.2) is 13.1 Å². The lowest BCUT2D eigenvalue weighted by molar-refractivity contribution is -0.0201. The Kier molecular flexibility index (Phi) is 7.33. The highest BCUT2D eigenvalue weighted by atomic mass is 32.2. The number of rotatable bonds is 9. The first-order valence-corrected chi connectivity index (χ1v) is 11.0. The van der Waals surface area contributed by atoms with Crippen molar-refractivity contribution in [2.75, 3.05) is 26.7 Å². The highest BCUT2D eigenvalue weighted by molar-refractivity contribution is 7.89. The number of aromatic nitrogens is 1. The van der Waals surface area contributed by atoms with Crippen molar-refractivity contribution >= 4 is 10.0 Å². The maximum absolute atomic E-state index is 12.5. The highest BCUT2D eigenvalue weighted by Crippen LogP contribution is 2.25. The fourth-order valence-electron chi connectivity index (χ4n) is 3.55. The van der Waals surface area contributed by atoms with Crippen LogP contribution < -0.4 is 4.72 Å². The predicted octanol–water partition coefficient (Wildman–Crippen LogP) is 0.0236. The molecule has 0 bridgehead atoms. The van der Waals surface area contributed by atoms with Crippen LogP contribution in [0.1, 0.15) is 5.69 Å². The van der Waals surface area contributed by atoms with Gasteiger partial charge in [0.15, 0.2) is 0 Å². The van der Waals surface area contributed by atoms with Gasteiger partial charge in [0.05, 0.1) is 23.6 Å². The van der Waals surface area contributed by atoms with Gasteiger partial charge in [0.25, 0.3) is 0 Å². The second-order valence-corrected chi connectivity index (χ2v) is 8.86. The van der Waals surface area contributed by atoms with Crippen LogP contribution in [0, 0.1) is 0 Å². The normalized spacial score (nSPS) is 24.8. The number of nitrogens with zero attached hydrogens (tertiary/aromatic N) is 2. The van der Waals surface area contributed by atoms with Gasteiger partial charge in [-0.05, 0) is 31.3 Å². The SMILES string of the molecule is CN(CCc1ccccn1)[C@H]1[C@H](O)[C@H](CO)O[C@@H]1CNS(=O)(=O)c1ccccc1. The summed E-state index contributed by atoms with van der Waals surface area (Å²) in [5, 5.41) is 20.1. The molecule has 1 aliphatic rings. The molecule has 2 aromatic rings. The molecule has 0 unspecified atom stereocenters. The number of nitrogens with one attached hydrogen (secondary N) is 1. The number of ether oxygens (including phenoxy) is 1. The Bertz CT molecular complexity index is 866. The second kappa shape index (κ2) is 9.75. The van der Waals surface area contributed by atoms with Crippen molar-refractivity contribution < 1.29 is 23.4 Å². The molecule has 1 aromatic heterocycles. The average Bonchev–Trinajstić information content (AvgIpc) is 3.07. The average molecular weight is 422 g/mol. The van der Waals surface area contributed by atoms with Crippen molar-refractivity contribution in [3.05, 3.63) is 60.4 Å². The van der Waals surface area contributed by atoms with Crippen molar-refractivity contribution in [1.82, 2.24) is 14.6 Å². The van der Waals surface area contributed by atoms with Gasteiger partial charge < -0.3 is 14.9 Å². The van der Waals surface area contributed by atoms with Crippen molar-refractivity contribution in [2.24, 2.45) is 0 Å². The lowest BCUT2D eigenvalue weighted by Crippen LogP contribution is -2.50. The molecule has 1 fully saturated rings. The first-order valence-electron chi connectivity index (χ1n) is 9.51. The Balaban J connectivity index is 1.66. The molecular formula is C20H27N3O5S. The molecule has 8 nitrogen and oxygen atoms in total. The van der Waals surface area contributed by atoms with E-state index in [1.165, 1.54) is 12.1 Å². The Morgan fingerprint density at radius 1 is 1.14 bits per heavy atom. The van der Waals surface area contributed by atoms with Gasteiger partial charge in [-0.15, -0.1) is 0 Å². The smallest absolute Gasteiger partial charge is 0.240 e. The number of sulfonamides is 1. The van der Waals surface area contributed by atoms with Crippen molar-refractivity contribution in [3.8, 4) is 0 Å². The number of likely N-dealkylation sites (N-methyl/N-ethyl adjacent to an activating group) is 1. The van der Waals surface area contributed by atoms with E-state index in [0.29, 0.717) is 13.0 Å². The van der Waals surface area contributed by atoms with Gasteiger partial charge >= 0.3 is 0 Å². The summed E-state index contributed by atoms with van der Waals surface area (Å²) >= 11 is 0. The van der Waals surface area contributed by atoms with E-state index in [-0.39, 0.29) is 18.0 Å². The number of hydrogen-bond acceptors (Lipinski definition) is 7. The molecular weight excluding hydrogens is 394 g/mol. The molecule has 1 aliphatic heterocycles. The Hall–Kier alpha value is -1.88. The molecule has 0 radical (unpaired) electrons. The van der Waals surface area contributed by atoms with Crippen molar-refractivity contribution in [3.63, 3.8) is 0 Å². The summed E-state index contributed by atoms with van der Waals surface area (Å²) in [5.74, 6) is 0. The summed E-state index contributed by atoms with van der Waals surface area (Å²) in [6, 6.07) is 13.3. The molecule has 3 rings (SSSR count). The van der Waals surface area contributed by atoms with Crippen LogP contribution in [0.25, 0.3) is 0 Å². The number of pyridine rings is 1. The van der Waals surface area contributed by atoms with Crippen LogP contribution in [0.4, 0.5) is 0 Å². The zero-order valence-electron chi connectivity index (χ0n) is 16.3. The molecule has 9 heteroatoms. The van der Waals surface area contributed by atoms with Crippen LogP contribution >= 0.6 is 0 Å². The monoisotopic (exact) mass is 421 g/mol. The predicted molar refractivity (Wildman–Crippen MR) is 108 cm³/mol. The number of hydrogen-bond donors (Lipinski definition) is 3. The van der Waals surface area contributed by atoms with Gasteiger partial charge in [-0.3, -0.25) is 9.88 Å². The minimum atomic E-state index is -3.70. The highest BCUT2D eigenvalue weighted by Gasteiger charge is 2.45. The van der Waals surface area contributed by atoms with E-state index >= 15 is 0 Å². The van der Waals surface area contributed by atoms with Gasteiger partial charge in [0.1, 0.15) is 12.2 Å². The third kappa shape index (κ3) is 5.39. The van der Waals surface area contributed by atoms with Crippen molar-refractivity contribution in [1.29, 1.82) is 0 Å². The van der Waals surface area contributed by atoms with Crippen LogP contribution in [-0.4, -0.2) is 79.6 Å². The van der Waals surface area contributed by atoms with E-state index in [2.05, 4.69) is 9.71 Å². The standard InChI is InChI=1S/C20H27N3O5S/c1-23(12-10-15-7-5-6-11-21-15)19-17(28-18(14-24)20(19)25)13-22-29(26,27)16-8-3-2-4-9-16/h2-9,11,17-20,22,24-25H,10,12-14H2,1H3/t17-,18+,19-,20-/m1/s1. The van der Waals surface area contributed by atoms with E-state index < -0.39 is 34.4 Å². The number of aliphatic hydroxyl groups excluding tert-OH is 2. The third-order valence-electron chi connectivity index (χ3n) is 5.13. The molecule has 158 valence electrons. The molecule has 3 N–H and O–H groups in total. The summed E-state index contributed by atoms with van der Waals surface area (Å²) in [7, 11) is -1.85. The summed E-state index contributed by atoms with van der Waals surface area (Å²) in [4.78, 5) is 6.39. The van der Waals surface area contributed by atoms with E-state index in [9.17, 15) is 18.6 Å². The maximum Gasteiger partial charge on any atom is 0.240 e. The molecule has 1 saturated heterocycles. The lowest BCUT2D eigenvalue weighted by Gasteiger charge is -2.30. The summed E-state index contributed by atoms with van der Waals surface area (Å²) < 4.78 is 33.3. The van der Waals surface area contributed by atoms with Crippen LogP contribution in [-0.2, 0) is 21.2 Å². The molecule has 1 aromatic carbocycles. The zero-order chi connectivity index (χ0) is 20.9. The lowest BCUT2D eigenvalue weighted by atomic mass is 10.0. The second-order valence-electron chi connectivity index (χ2n) is 7.09. The Morgan fingerprint density at radius 3 is 2.52 bits per heavy atom. The third-order valence-corrected chi connectivity index (χ3v) is 6.56. The first kappa shape index (κ1) is 21.8. The molecule has 29 heavy (non-hydrogen) atoms. The van der Waals surface area contributed by atoms with E-state index in [1.54, 1.807) is 24.4 Å². The fraction of sp³-hybridized carbons (Fsp3) is 0.450. The first-order chi connectivity index (χ1) is 13.9. The minimum absolute atomic E-state index is 0.0105. The van der Waals surface area contributed by atoms with E-state index in [0.717, 1.165) is 5.69 Å². The molecule has 0 aliphatic carbocycles. The molecule has 2 heterocycles.